The molecule has 3 rings (SSSR count). The molecule has 1 saturated carbocycles. The molecule has 1 spiro atoms. The Morgan fingerprint density at radius 1 is 1.22 bits per heavy atom. The van der Waals surface area contributed by atoms with Crippen molar-refractivity contribution in [1.29, 1.82) is 0 Å². The molecule has 1 aliphatic carbocycles. The first kappa shape index (κ1) is 11.8. The normalized spacial score (nSPS) is 21.4. The first-order valence-electron chi connectivity index (χ1n) is 6.91. The van der Waals surface area contributed by atoms with E-state index < -0.39 is 0 Å². The lowest BCUT2D eigenvalue weighted by Gasteiger charge is -2.34. The molecule has 18 heavy (non-hydrogen) atoms. The summed E-state index contributed by atoms with van der Waals surface area (Å²) in [6.07, 6.45) is 9.00. The van der Waals surface area contributed by atoms with E-state index >= 15 is 0 Å². The van der Waals surface area contributed by atoms with Crippen LogP contribution in [0.15, 0.2) is 12.4 Å². The van der Waals surface area contributed by atoms with Crippen molar-refractivity contribution in [3.63, 3.8) is 0 Å². The Hall–Kier alpha value is -1.32. The molecule has 0 bridgehead atoms. The highest BCUT2D eigenvalue weighted by Crippen LogP contribution is 2.52. The van der Waals surface area contributed by atoms with E-state index in [9.17, 15) is 0 Å². The molecular weight excluding hydrogens is 226 g/mol. The molecule has 0 aromatic carbocycles. The second-order valence-electron chi connectivity index (χ2n) is 5.88. The van der Waals surface area contributed by atoms with Crippen molar-refractivity contribution in [3.05, 3.63) is 12.4 Å². The summed E-state index contributed by atoms with van der Waals surface area (Å²) in [4.78, 5) is 11.2. The van der Waals surface area contributed by atoms with Gasteiger partial charge in [-0.1, -0.05) is 0 Å². The van der Waals surface area contributed by atoms with Gasteiger partial charge in [-0.25, -0.2) is 9.97 Å². The number of aromatic nitrogens is 2. The van der Waals surface area contributed by atoms with Crippen molar-refractivity contribution < 1.29 is 4.74 Å². The SMILES string of the molecule is CC(C)Oc1nccnc1N1CCCC2(CC2)C1. The molecule has 4 nitrogen and oxygen atoms in total. The molecule has 1 saturated heterocycles. The van der Waals surface area contributed by atoms with Gasteiger partial charge < -0.3 is 9.64 Å². The number of anilines is 1. The molecule has 0 atom stereocenters. The highest BCUT2D eigenvalue weighted by atomic mass is 16.5. The molecule has 0 N–H and O–H groups in total. The van der Waals surface area contributed by atoms with Gasteiger partial charge in [-0.05, 0) is 44.9 Å². The molecule has 2 aliphatic rings. The minimum atomic E-state index is 0.139. The smallest absolute Gasteiger partial charge is 0.257 e. The van der Waals surface area contributed by atoms with Crippen LogP contribution in [0.4, 0.5) is 5.82 Å². The third-order valence-corrected chi connectivity index (χ3v) is 3.91. The highest BCUT2D eigenvalue weighted by Gasteiger charge is 2.46. The van der Waals surface area contributed by atoms with E-state index in [1.54, 1.807) is 12.4 Å². The molecule has 1 aromatic rings. The quantitative estimate of drug-likeness (QED) is 0.823. The molecule has 0 radical (unpaired) electrons. The Labute approximate surface area is 108 Å². The standard InChI is InChI=1S/C14H21N3O/c1-11(2)18-13-12(15-7-8-16-13)17-9-3-4-14(10-17)5-6-14/h7-8,11H,3-6,9-10H2,1-2H3. The van der Waals surface area contributed by atoms with Crippen LogP contribution in [0.25, 0.3) is 0 Å². The largest absolute Gasteiger partial charge is 0.472 e. The number of ether oxygens (including phenoxy) is 1. The number of piperidine rings is 1. The molecule has 0 amide bonds. The number of nitrogens with zero attached hydrogens (tertiary/aromatic N) is 3. The molecule has 0 unspecified atom stereocenters. The lowest BCUT2D eigenvalue weighted by Crippen LogP contribution is -2.37. The summed E-state index contributed by atoms with van der Waals surface area (Å²) in [6, 6.07) is 0. The Bertz CT molecular complexity index is 429. The van der Waals surface area contributed by atoms with Gasteiger partial charge in [-0.3, -0.25) is 0 Å². The van der Waals surface area contributed by atoms with E-state index in [1.165, 1.54) is 25.7 Å². The van der Waals surface area contributed by atoms with Crippen molar-refractivity contribution in [3.8, 4) is 5.88 Å². The Morgan fingerprint density at radius 3 is 2.72 bits per heavy atom. The summed E-state index contributed by atoms with van der Waals surface area (Å²) in [5, 5.41) is 0. The first-order chi connectivity index (χ1) is 8.69. The first-order valence-corrected chi connectivity index (χ1v) is 6.91. The van der Waals surface area contributed by atoms with Gasteiger partial charge in [0.05, 0.1) is 6.10 Å². The predicted octanol–water partition coefficient (Wildman–Crippen LogP) is 2.64. The third-order valence-electron chi connectivity index (χ3n) is 3.91. The zero-order valence-corrected chi connectivity index (χ0v) is 11.2. The van der Waals surface area contributed by atoms with Gasteiger partial charge in [0.15, 0.2) is 5.82 Å². The summed E-state index contributed by atoms with van der Waals surface area (Å²) in [7, 11) is 0. The summed E-state index contributed by atoms with van der Waals surface area (Å²) >= 11 is 0. The van der Waals surface area contributed by atoms with Crippen molar-refractivity contribution in [2.24, 2.45) is 5.41 Å². The lowest BCUT2D eigenvalue weighted by molar-refractivity contribution is 0.231. The Kier molecular flexibility index (Phi) is 2.88. The van der Waals surface area contributed by atoms with E-state index in [1.807, 2.05) is 13.8 Å². The second-order valence-corrected chi connectivity index (χ2v) is 5.88. The van der Waals surface area contributed by atoms with Gasteiger partial charge in [0.2, 0.25) is 0 Å². The molecule has 2 fully saturated rings. The van der Waals surface area contributed by atoms with E-state index in [-0.39, 0.29) is 6.10 Å². The lowest BCUT2D eigenvalue weighted by atomic mass is 9.95. The molecule has 1 aliphatic heterocycles. The van der Waals surface area contributed by atoms with Crippen LogP contribution in [0.3, 0.4) is 0 Å². The molecular formula is C14H21N3O. The fraction of sp³-hybridized carbons (Fsp3) is 0.714. The zero-order valence-electron chi connectivity index (χ0n) is 11.2. The van der Waals surface area contributed by atoms with E-state index in [4.69, 9.17) is 4.74 Å². The van der Waals surface area contributed by atoms with E-state index in [2.05, 4.69) is 14.9 Å². The molecule has 1 aromatic heterocycles. The van der Waals surface area contributed by atoms with Crippen LogP contribution >= 0.6 is 0 Å². The number of rotatable bonds is 3. The van der Waals surface area contributed by atoms with Gasteiger partial charge in [0.1, 0.15) is 0 Å². The van der Waals surface area contributed by atoms with Crippen LogP contribution < -0.4 is 9.64 Å². The van der Waals surface area contributed by atoms with Crippen LogP contribution in [-0.4, -0.2) is 29.2 Å². The summed E-state index contributed by atoms with van der Waals surface area (Å²) in [6.45, 7) is 6.25. The van der Waals surface area contributed by atoms with Crippen LogP contribution in [0, 0.1) is 5.41 Å². The summed E-state index contributed by atoms with van der Waals surface area (Å²) in [5.74, 6) is 1.61. The average molecular weight is 247 g/mol. The maximum atomic E-state index is 5.77. The highest BCUT2D eigenvalue weighted by molar-refractivity contribution is 5.49. The monoisotopic (exact) mass is 247 g/mol. The topological polar surface area (TPSA) is 38.3 Å². The molecule has 2 heterocycles. The summed E-state index contributed by atoms with van der Waals surface area (Å²) < 4.78 is 5.77. The maximum Gasteiger partial charge on any atom is 0.257 e. The number of hydrogen-bond donors (Lipinski definition) is 0. The summed E-state index contributed by atoms with van der Waals surface area (Å²) in [5.41, 5.74) is 0.588. The van der Waals surface area contributed by atoms with Crippen LogP contribution in [0.1, 0.15) is 39.5 Å². The van der Waals surface area contributed by atoms with Crippen molar-refractivity contribution in [2.75, 3.05) is 18.0 Å². The van der Waals surface area contributed by atoms with Crippen LogP contribution in [0.2, 0.25) is 0 Å². The molecule has 98 valence electrons. The van der Waals surface area contributed by atoms with Crippen LogP contribution in [0.5, 0.6) is 5.88 Å². The van der Waals surface area contributed by atoms with Gasteiger partial charge in [0.25, 0.3) is 5.88 Å². The van der Waals surface area contributed by atoms with Gasteiger partial charge in [-0.2, -0.15) is 0 Å². The van der Waals surface area contributed by atoms with Gasteiger partial charge in [0, 0.05) is 25.5 Å². The molecule has 4 heteroatoms. The second kappa shape index (κ2) is 4.41. The van der Waals surface area contributed by atoms with Crippen molar-refractivity contribution >= 4 is 5.82 Å². The van der Waals surface area contributed by atoms with E-state index in [0.717, 1.165) is 18.9 Å². The average Bonchev–Trinajstić information content (AvgIpc) is 3.08. The van der Waals surface area contributed by atoms with Crippen molar-refractivity contribution in [1.82, 2.24) is 9.97 Å². The van der Waals surface area contributed by atoms with Gasteiger partial charge >= 0.3 is 0 Å². The van der Waals surface area contributed by atoms with Crippen molar-refractivity contribution in [2.45, 2.75) is 45.6 Å². The fourth-order valence-electron chi connectivity index (χ4n) is 2.81. The Morgan fingerprint density at radius 2 is 2.00 bits per heavy atom. The third kappa shape index (κ3) is 2.28. The predicted molar refractivity (Wildman–Crippen MR) is 70.9 cm³/mol. The minimum absolute atomic E-state index is 0.139. The van der Waals surface area contributed by atoms with Crippen LogP contribution in [-0.2, 0) is 0 Å². The van der Waals surface area contributed by atoms with Gasteiger partial charge in [-0.15, -0.1) is 0 Å². The Balaban J connectivity index is 1.82. The minimum Gasteiger partial charge on any atom is -0.472 e. The maximum absolute atomic E-state index is 5.77. The fourth-order valence-corrected chi connectivity index (χ4v) is 2.81. The zero-order chi connectivity index (χ0) is 12.6. The van der Waals surface area contributed by atoms with E-state index in [0.29, 0.717) is 11.3 Å². The number of hydrogen-bond acceptors (Lipinski definition) is 4.